The summed E-state index contributed by atoms with van der Waals surface area (Å²) in [6.07, 6.45) is 7.46. The molecule has 8 rings (SSSR count). The van der Waals surface area contributed by atoms with Gasteiger partial charge in [-0.15, -0.1) is 0 Å². The lowest BCUT2D eigenvalue weighted by atomic mass is 10.0. The van der Waals surface area contributed by atoms with Crippen LogP contribution >= 0.6 is 0 Å². The molecule has 6 aromatic rings. The summed E-state index contributed by atoms with van der Waals surface area (Å²) in [5, 5.41) is 8.51. The van der Waals surface area contributed by atoms with Crippen molar-refractivity contribution in [2.75, 3.05) is 39.3 Å². The molecule has 2 aliphatic heterocycles. The van der Waals surface area contributed by atoms with Crippen molar-refractivity contribution < 1.29 is 17.9 Å². The summed E-state index contributed by atoms with van der Waals surface area (Å²) in [4.78, 5) is 21.3. The van der Waals surface area contributed by atoms with Crippen LogP contribution in [-0.2, 0) is 6.54 Å². The van der Waals surface area contributed by atoms with Gasteiger partial charge >= 0.3 is 0 Å². The highest BCUT2D eigenvalue weighted by Gasteiger charge is 2.38. The van der Waals surface area contributed by atoms with Crippen LogP contribution in [0.3, 0.4) is 0 Å². The molecule has 12 heteroatoms. The molecule has 0 radical (unpaired) electrons. The third-order valence-corrected chi connectivity index (χ3v) is 8.99. The molecular weight excluding hydrogens is 605 g/mol. The summed E-state index contributed by atoms with van der Waals surface area (Å²) in [5.41, 5.74) is 6.55. The van der Waals surface area contributed by atoms with E-state index >= 15 is 0 Å². The van der Waals surface area contributed by atoms with Crippen molar-refractivity contribution in [2.24, 2.45) is 0 Å². The quantitative estimate of drug-likeness (QED) is 0.182. The van der Waals surface area contributed by atoms with Crippen LogP contribution in [0.25, 0.3) is 55.8 Å². The van der Waals surface area contributed by atoms with Gasteiger partial charge in [0.25, 0.3) is 5.92 Å². The Labute approximate surface area is 268 Å². The molecule has 6 heterocycles. The van der Waals surface area contributed by atoms with Crippen LogP contribution in [0.5, 0.6) is 5.75 Å². The van der Waals surface area contributed by atoms with Gasteiger partial charge in [0.2, 0.25) is 0 Å². The van der Waals surface area contributed by atoms with E-state index < -0.39 is 11.7 Å². The molecule has 0 saturated carbocycles. The number of ether oxygens (including phenoxy) is 1. The fourth-order valence-corrected chi connectivity index (χ4v) is 6.65. The molecule has 0 atom stereocenters. The number of benzene rings is 2. The van der Waals surface area contributed by atoms with Gasteiger partial charge in [-0.05, 0) is 73.5 Å². The van der Waals surface area contributed by atoms with Gasteiger partial charge in [-0.2, -0.15) is 5.10 Å². The molecule has 2 N–H and O–H groups in total. The summed E-state index contributed by atoms with van der Waals surface area (Å²) in [6.45, 7) is 4.00. The Balaban J connectivity index is 1.08. The van der Waals surface area contributed by atoms with Crippen molar-refractivity contribution in [3.63, 3.8) is 0 Å². The fourth-order valence-electron chi connectivity index (χ4n) is 6.65. The Morgan fingerprint density at radius 2 is 1.77 bits per heavy atom. The lowest BCUT2D eigenvalue weighted by molar-refractivity contribution is 0.0115. The first-order chi connectivity index (χ1) is 22.9. The van der Waals surface area contributed by atoms with Gasteiger partial charge in [0.05, 0.1) is 23.3 Å². The Hall–Kier alpha value is -4.81. The molecule has 0 unspecified atom stereocenters. The number of alkyl halides is 2. The zero-order chi connectivity index (χ0) is 32.0. The fraction of sp³-hybridized carbons (Fsp3) is 0.314. The number of H-pyrrole nitrogens is 2. The standard InChI is InChI=1S/C35H33F3N8O/c36-26-14-24(15-27(17-26)47-12-11-45-8-1-2-9-45)31-33-30(5-7-40-31)41-34(42-33)32-28-16-23(3-4-29(28)43-44-32)25-13-22(18-39-19-25)20-46-10-6-35(37,38)21-46/h3-5,7,13-19H,1-2,6,8-12,20-21H2,(H,41,42)(H,43,44). The number of nitrogens with zero attached hydrogens (tertiary/aromatic N) is 6. The van der Waals surface area contributed by atoms with Crippen molar-refractivity contribution in [1.29, 1.82) is 0 Å². The van der Waals surface area contributed by atoms with Crippen molar-refractivity contribution in [3.05, 3.63) is 78.5 Å². The van der Waals surface area contributed by atoms with Crippen LogP contribution in [0, 0.1) is 5.82 Å². The number of rotatable bonds is 9. The number of halogens is 3. The number of aromatic amines is 2. The maximum Gasteiger partial charge on any atom is 0.261 e. The van der Waals surface area contributed by atoms with E-state index in [0.717, 1.165) is 52.7 Å². The first kappa shape index (κ1) is 29.6. The molecule has 4 aromatic heterocycles. The summed E-state index contributed by atoms with van der Waals surface area (Å²) in [5.74, 6) is -2.05. The van der Waals surface area contributed by atoms with Crippen LogP contribution < -0.4 is 4.74 Å². The highest BCUT2D eigenvalue weighted by atomic mass is 19.3. The van der Waals surface area contributed by atoms with Gasteiger partial charge in [-0.3, -0.25) is 24.9 Å². The second-order valence-corrected chi connectivity index (χ2v) is 12.4. The van der Waals surface area contributed by atoms with E-state index in [4.69, 9.17) is 9.72 Å². The molecule has 240 valence electrons. The smallest absolute Gasteiger partial charge is 0.261 e. The number of fused-ring (bicyclic) bond motifs is 2. The molecule has 0 amide bonds. The Kier molecular flexibility index (Phi) is 7.61. The average molecular weight is 639 g/mol. The topological polar surface area (TPSA) is 98.8 Å². The van der Waals surface area contributed by atoms with Crippen molar-refractivity contribution in [2.45, 2.75) is 31.7 Å². The van der Waals surface area contributed by atoms with E-state index in [2.05, 4.69) is 30.0 Å². The van der Waals surface area contributed by atoms with Gasteiger partial charge in [-0.25, -0.2) is 18.2 Å². The molecule has 0 spiro atoms. The maximum absolute atomic E-state index is 14.8. The highest BCUT2D eigenvalue weighted by molar-refractivity contribution is 5.97. The average Bonchev–Trinajstić information content (AvgIpc) is 3.87. The zero-order valence-corrected chi connectivity index (χ0v) is 25.6. The SMILES string of the molecule is Fc1cc(OCCN2CCCC2)cc(-c2nccc3[nH]c(-c4n[nH]c5ccc(-c6cncc(CN7CCC(F)(F)C7)c6)cc45)nc23)c1. The van der Waals surface area contributed by atoms with Crippen LogP contribution in [0.1, 0.15) is 24.8 Å². The minimum Gasteiger partial charge on any atom is -0.492 e. The minimum atomic E-state index is -2.64. The molecule has 2 saturated heterocycles. The van der Waals surface area contributed by atoms with Gasteiger partial charge in [-0.1, -0.05) is 6.07 Å². The van der Waals surface area contributed by atoms with Gasteiger partial charge < -0.3 is 9.72 Å². The largest absolute Gasteiger partial charge is 0.492 e. The Morgan fingerprint density at radius 3 is 2.62 bits per heavy atom. The maximum atomic E-state index is 14.8. The van der Waals surface area contributed by atoms with E-state index in [-0.39, 0.29) is 13.0 Å². The number of pyridine rings is 2. The number of nitrogens with one attached hydrogen (secondary N) is 2. The number of hydrogen-bond donors (Lipinski definition) is 2. The Bertz CT molecular complexity index is 2070. The third-order valence-electron chi connectivity index (χ3n) is 8.99. The van der Waals surface area contributed by atoms with Crippen molar-refractivity contribution in [3.8, 4) is 39.7 Å². The first-order valence-corrected chi connectivity index (χ1v) is 15.9. The summed E-state index contributed by atoms with van der Waals surface area (Å²) >= 11 is 0. The number of hydrogen-bond acceptors (Lipinski definition) is 7. The molecule has 47 heavy (non-hydrogen) atoms. The van der Waals surface area contributed by atoms with E-state index in [0.29, 0.717) is 53.7 Å². The lowest BCUT2D eigenvalue weighted by Crippen LogP contribution is -2.25. The van der Waals surface area contributed by atoms with Gasteiger partial charge in [0, 0.05) is 67.2 Å². The highest BCUT2D eigenvalue weighted by Crippen LogP contribution is 2.34. The van der Waals surface area contributed by atoms with Crippen LogP contribution in [0.2, 0.25) is 0 Å². The number of imidazole rings is 1. The molecule has 2 fully saturated rings. The molecule has 9 nitrogen and oxygen atoms in total. The van der Waals surface area contributed by atoms with Crippen LogP contribution in [-0.4, -0.2) is 85.2 Å². The predicted octanol–water partition coefficient (Wildman–Crippen LogP) is 6.68. The van der Waals surface area contributed by atoms with Crippen LogP contribution in [0.15, 0.2) is 67.1 Å². The molecule has 0 bridgehead atoms. The molecule has 2 aromatic carbocycles. The van der Waals surface area contributed by atoms with Crippen molar-refractivity contribution >= 4 is 21.9 Å². The van der Waals surface area contributed by atoms with Crippen LogP contribution in [0.4, 0.5) is 13.2 Å². The summed E-state index contributed by atoms with van der Waals surface area (Å²) in [6, 6.07) is 14.4. The van der Waals surface area contributed by atoms with E-state index in [1.54, 1.807) is 29.6 Å². The number of aromatic nitrogens is 6. The zero-order valence-electron chi connectivity index (χ0n) is 25.6. The summed E-state index contributed by atoms with van der Waals surface area (Å²) < 4.78 is 48.2. The first-order valence-electron chi connectivity index (χ1n) is 15.9. The van der Waals surface area contributed by atoms with Gasteiger partial charge in [0.15, 0.2) is 5.82 Å². The van der Waals surface area contributed by atoms with Gasteiger partial charge in [0.1, 0.15) is 29.4 Å². The minimum absolute atomic E-state index is 0.115. The van der Waals surface area contributed by atoms with Crippen molar-refractivity contribution in [1.82, 2.24) is 39.9 Å². The molecule has 2 aliphatic rings. The second-order valence-electron chi connectivity index (χ2n) is 12.4. The lowest BCUT2D eigenvalue weighted by Gasteiger charge is -2.15. The van der Waals surface area contributed by atoms with E-state index in [1.165, 1.54) is 25.0 Å². The predicted molar refractivity (Wildman–Crippen MR) is 174 cm³/mol. The molecular formula is C35H33F3N8O. The monoisotopic (exact) mass is 638 g/mol. The molecule has 0 aliphatic carbocycles. The second kappa shape index (κ2) is 12.1. The normalized spacial score (nSPS) is 16.9. The Morgan fingerprint density at radius 1 is 0.872 bits per heavy atom. The number of likely N-dealkylation sites (tertiary alicyclic amines) is 2. The van der Waals surface area contributed by atoms with E-state index in [1.807, 2.05) is 30.3 Å². The third kappa shape index (κ3) is 6.18. The summed E-state index contributed by atoms with van der Waals surface area (Å²) in [7, 11) is 0. The van der Waals surface area contributed by atoms with E-state index in [9.17, 15) is 13.2 Å².